The second-order valence-electron chi connectivity index (χ2n) is 7.90. The van der Waals surface area contributed by atoms with E-state index < -0.39 is 5.97 Å². The van der Waals surface area contributed by atoms with Gasteiger partial charge < -0.3 is 19.0 Å². The molecule has 34 heavy (non-hydrogen) atoms. The van der Waals surface area contributed by atoms with E-state index in [9.17, 15) is 4.79 Å². The normalized spacial score (nSPS) is 10.8. The molecule has 0 atom stereocenters. The lowest BCUT2D eigenvalue weighted by Gasteiger charge is -2.09. The summed E-state index contributed by atoms with van der Waals surface area (Å²) in [6.07, 6.45) is 2.90. The molecule has 0 fully saturated rings. The fourth-order valence-electron chi connectivity index (χ4n) is 3.51. The molecule has 0 saturated heterocycles. The van der Waals surface area contributed by atoms with Gasteiger partial charge in [-0.3, -0.25) is 4.79 Å². The molecule has 0 saturated carbocycles. The van der Waals surface area contributed by atoms with Gasteiger partial charge in [-0.1, -0.05) is 24.3 Å². The van der Waals surface area contributed by atoms with E-state index in [-0.39, 0.29) is 6.42 Å². The zero-order valence-corrected chi connectivity index (χ0v) is 19.2. The van der Waals surface area contributed by atoms with Crippen molar-refractivity contribution < 1.29 is 23.8 Å². The highest BCUT2D eigenvalue weighted by Gasteiger charge is 2.13. The number of aromatic nitrogens is 2. The van der Waals surface area contributed by atoms with Gasteiger partial charge in [-0.15, -0.1) is 0 Å². The van der Waals surface area contributed by atoms with E-state index in [1.165, 1.54) is 0 Å². The molecule has 0 unspecified atom stereocenters. The lowest BCUT2D eigenvalue weighted by Crippen LogP contribution is -2.04. The van der Waals surface area contributed by atoms with Crippen LogP contribution >= 0.6 is 0 Å². The molecule has 2 aromatic heterocycles. The van der Waals surface area contributed by atoms with Crippen LogP contribution in [0.1, 0.15) is 29.0 Å². The summed E-state index contributed by atoms with van der Waals surface area (Å²) in [5, 5.41) is 8.86. The Labute approximate surface area is 198 Å². The number of carboxylic acids is 1. The fraction of sp³-hybridized carbons (Fsp3) is 0.222. The number of aliphatic carboxylic acids is 1. The molecule has 7 nitrogen and oxygen atoms in total. The van der Waals surface area contributed by atoms with Gasteiger partial charge in [0.2, 0.25) is 11.8 Å². The first-order valence-electron chi connectivity index (χ1n) is 11.1. The molecule has 0 amide bonds. The van der Waals surface area contributed by atoms with Gasteiger partial charge >= 0.3 is 5.97 Å². The first-order chi connectivity index (χ1) is 16.5. The Bertz CT molecular complexity index is 1250. The number of nitrogens with zero attached hydrogens (tertiary/aromatic N) is 2. The molecule has 4 rings (SSSR count). The summed E-state index contributed by atoms with van der Waals surface area (Å²) in [6.45, 7) is 4.29. The van der Waals surface area contributed by atoms with Crippen molar-refractivity contribution in [3.63, 3.8) is 0 Å². The van der Waals surface area contributed by atoms with Gasteiger partial charge in [0, 0.05) is 25.1 Å². The summed E-state index contributed by atoms with van der Waals surface area (Å²) in [5.41, 5.74) is 3.63. The van der Waals surface area contributed by atoms with E-state index in [0.717, 1.165) is 39.6 Å². The summed E-state index contributed by atoms with van der Waals surface area (Å²) >= 11 is 0. The molecule has 0 spiro atoms. The van der Waals surface area contributed by atoms with Crippen LogP contribution in [0.4, 0.5) is 0 Å². The third kappa shape index (κ3) is 6.01. The number of hydrogen-bond acceptors (Lipinski definition) is 6. The van der Waals surface area contributed by atoms with Crippen molar-refractivity contribution in [2.75, 3.05) is 6.61 Å². The molecule has 0 aliphatic rings. The number of aryl methyl sites for hydroxylation is 3. The summed E-state index contributed by atoms with van der Waals surface area (Å²) in [5.74, 6) is 2.41. The van der Waals surface area contributed by atoms with Gasteiger partial charge in [-0.05, 0) is 61.7 Å². The van der Waals surface area contributed by atoms with Crippen molar-refractivity contribution in [3.8, 4) is 28.8 Å². The molecule has 174 valence electrons. The maximum atomic E-state index is 10.8. The minimum absolute atomic E-state index is 0.118. The zero-order chi connectivity index (χ0) is 23.9. The predicted molar refractivity (Wildman–Crippen MR) is 127 cm³/mol. The number of carboxylic acid groups (broad SMARTS) is 1. The van der Waals surface area contributed by atoms with E-state index >= 15 is 0 Å². The average molecular weight is 459 g/mol. The molecule has 0 aliphatic heterocycles. The van der Waals surface area contributed by atoms with Gasteiger partial charge in [0.15, 0.2) is 0 Å². The number of para-hydroxylation sites is 1. The van der Waals surface area contributed by atoms with Gasteiger partial charge in [-0.2, -0.15) is 0 Å². The van der Waals surface area contributed by atoms with Crippen LogP contribution in [-0.2, 0) is 17.6 Å². The van der Waals surface area contributed by atoms with Crippen LogP contribution in [0.3, 0.4) is 0 Å². The van der Waals surface area contributed by atoms with Crippen molar-refractivity contribution in [3.05, 3.63) is 89.4 Å². The van der Waals surface area contributed by atoms with E-state index in [2.05, 4.69) is 9.97 Å². The molecule has 4 aromatic rings. The topological polar surface area (TPSA) is 94.7 Å². The molecule has 0 aliphatic carbocycles. The minimum Gasteiger partial charge on any atom is -0.493 e. The maximum Gasteiger partial charge on any atom is 0.303 e. The predicted octanol–water partition coefficient (Wildman–Crippen LogP) is 5.78. The SMILES string of the molecule is Cc1cc(OCCc2nc(-c3ccc(Oc4ccccc4)nc3)oc2C)ccc1CCC(=O)O. The van der Waals surface area contributed by atoms with Crippen LogP contribution in [0, 0.1) is 13.8 Å². The van der Waals surface area contributed by atoms with Crippen LogP contribution in [0.5, 0.6) is 17.4 Å². The quantitative estimate of drug-likeness (QED) is 0.322. The minimum atomic E-state index is -0.797. The smallest absolute Gasteiger partial charge is 0.303 e. The number of pyridine rings is 1. The number of hydrogen-bond donors (Lipinski definition) is 1. The summed E-state index contributed by atoms with van der Waals surface area (Å²) in [4.78, 5) is 19.7. The number of ether oxygens (including phenoxy) is 2. The summed E-state index contributed by atoms with van der Waals surface area (Å²) < 4.78 is 17.5. The van der Waals surface area contributed by atoms with Crippen molar-refractivity contribution in [2.45, 2.75) is 33.1 Å². The second-order valence-corrected chi connectivity index (χ2v) is 7.90. The Morgan fingerprint density at radius 3 is 2.53 bits per heavy atom. The third-order valence-corrected chi connectivity index (χ3v) is 5.37. The highest BCUT2D eigenvalue weighted by Crippen LogP contribution is 2.25. The molecule has 2 heterocycles. The fourth-order valence-corrected chi connectivity index (χ4v) is 3.51. The largest absolute Gasteiger partial charge is 0.493 e. The lowest BCUT2D eigenvalue weighted by atomic mass is 10.0. The standard InChI is InChI=1S/C27H26N2O5/c1-18-16-23(11-8-20(18)10-13-26(30)31)32-15-14-24-19(2)33-27(29-24)21-9-12-25(28-17-21)34-22-6-4-3-5-7-22/h3-9,11-12,16-17H,10,13-15H2,1-2H3,(H,30,31). The van der Waals surface area contributed by atoms with Crippen molar-refractivity contribution >= 4 is 5.97 Å². The van der Waals surface area contributed by atoms with Crippen LogP contribution in [-0.4, -0.2) is 27.7 Å². The molecule has 1 N–H and O–H groups in total. The second kappa shape index (κ2) is 10.7. The first kappa shape index (κ1) is 23.0. The Balaban J connectivity index is 1.33. The van der Waals surface area contributed by atoms with Crippen molar-refractivity contribution in [1.82, 2.24) is 9.97 Å². The molecule has 2 aromatic carbocycles. The van der Waals surface area contributed by atoms with Gasteiger partial charge in [-0.25, -0.2) is 9.97 Å². The summed E-state index contributed by atoms with van der Waals surface area (Å²) in [6, 6.07) is 18.9. The lowest BCUT2D eigenvalue weighted by molar-refractivity contribution is -0.136. The number of carbonyl (C=O) groups is 1. The molecule has 0 bridgehead atoms. The zero-order valence-electron chi connectivity index (χ0n) is 19.2. The van der Waals surface area contributed by atoms with Crippen LogP contribution in [0.15, 0.2) is 71.3 Å². The van der Waals surface area contributed by atoms with Crippen LogP contribution < -0.4 is 9.47 Å². The van der Waals surface area contributed by atoms with E-state index in [0.29, 0.717) is 31.2 Å². The first-order valence-corrected chi connectivity index (χ1v) is 11.1. The Morgan fingerprint density at radius 2 is 1.82 bits per heavy atom. The highest BCUT2D eigenvalue weighted by molar-refractivity contribution is 5.67. The number of oxazole rings is 1. The van der Waals surface area contributed by atoms with Gasteiger partial charge in [0.25, 0.3) is 0 Å². The summed E-state index contributed by atoms with van der Waals surface area (Å²) in [7, 11) is 0. The molecular weight excluding hydrogens is 432 g/mol. The van der Waals surface area contributed by atoms with Gasteiger partial charge in [0.05, 0.1) is 17.9 Å². The highest BCUT2D eigenvalue weighted by atomic mass is 16.5. The monoisotopic (exact) mass is 458 g/mol. The van der Waals surface area contributed by atoms with E-state index in [4.69, 9.17) is 19.0 Å². The van der Waals surface area contributed by atoms with E-state index in [1.807, 2.05) is 68.4 Å². The Morgan fingerprint density at radius 1 is 1.00 bits per heavy atom. The third-order valence-electron chi connectivity index (χ3n) is 5.37. The maximum absolute atomic E-state index is 10.8. The van der Waals surface area contributed by atoms with Crippen molar-refractivity contribution in [1.29, 1.82) is 0 Å². The molecule has 7 heteroatoms. The van der Waals surface area contributed by atoms with Crippen LogP contribution in [0.2, 0.25) is 0 Å². The van der Waals surface area contributed by atoms with Crippen LogP contribution in [0.25, 0.3) is 11.5 Å². The number of benzene rings is 2. The number of rotatable bonds is 10. The van der Waals surface area contributed by atoms with Gasteiger partial charge in [0.1, 0.15) is 17.3 Å². The Hall–Kier alpha value is -4.13. The average Bonchev–Trinajstić information content (AvgIpc) is 3.20. The molecular formula is C27H26N2O5. The molecule has 0 radical (unpaired) electrons. The van der Waals surface area contributed by atoms with Crippen molar-refractivity contribution in [2.24, 2.45) is 0 Å². The van der Waals surface area contributed by atoms with E-state index in [1.54, 1.807) is 12.3 Å². The Kier molecular flexibility index (Phi) is 7.22.